The second-order valence-corrected chi connectivity index (χ2v) is 17.2. The third-order valence-corrected chi connectivity index (χ3v) is 12.7. The van der Waals surface area contributed by atoms with Gasteiger partial charge in [-0.3, -0.25) is 9.59 Å². The summed E-state index contributed by atoms with van der Waals surface area (Å²) in [4.78, 5) is 28.6. The number of hydrogen-bond donors (Lipinski definition) is 2. The van der Waals surface area contributed by atoms with Gasteiger partial charge in [0.2, 0.25) is 5.91 Å². The molecule has 0 aliphatic rings. The van der Waals surface area contributed by atoms with Gasteiger partial charge in [0.15, 0.2) is 8.32 Å². The molecule has 0 saturated heterocycles. The summed E-state index contributed by atoms with van der Waals surface area (Å²) in [5.41, 5.74) is 9.92. The quantitative estimate of drug-likeness (QED) is 0.190. The zero-order valence-corrected chi connectivity index (χ0v) is 26.1. The highest BCUT2D eigenvalue weighted by atomic mass is 28.4. The number of primary amides is 1. The van der Waals surface area contributed by atoms with Crippen LogP contribution in [0, 0.1) is 6.92 Å². The summed E-state index contributed by atoms with van der Waals surface area (Å²) in [5.74, 6) is -0.547. The number of hydrogen-bond acceptors (Lipinski definition) is 4. The molecular formula is C32H43N5O3Si. The van der Waals surface area contributed by atoms with E-state index in [1.807, 2.05) is 22.8 Å². The molecule has 0 bridgehead atoms. The van der Waals surface area contributed by atoms with Crippen molar-refractivity contribution in [3.63, 3.8) is 0 Å². The number of carbonyl (C=O) groups excluding carboxylic acids is 2. The maximum Gasteiger partial charge on any atom is 0.268 e. The monoisotopic (exact) mass is 573 g/mol. The number of amides is 2. The first-order valence-corrected chi connectivity index (χ1v) is 17.1. The Morgan fingerprint density at radius 2 is 1.83 bits per heavy atom. The number of benzene rings is 2. The molecule has 0 radical (unpaired) electrons. The van der Waals surface area contributed by atoms with Crippen LogP contribution >= 0.6 is 0 Å². The molecule has 0 spiro atoms. The molecule has 0 saturated carbocycles. The van der Waals surface area contributed by atoms with Crippen LogP contribution in [0.1, 0.15) is 61.3 Å². The van der Waals surface area contributed by atoms with E-state index in [2.05, 4.69) is 92.2 Å². The third kappa shape index (κ3) is 7.74. The van der Waals surface area contributed by atoms with Crippen molar-refractivity contribution in [2.45, 2.75) is 77.7 Å². The topological polar surface area (TPSA) is 104 Å². The van der Waals surface area contributed by atoms with E-state index in [1.165, 1.54) is 5.56 Å². The summed E-state index contributed by atoms with van der Waals surface area (Å²) in [6.45, 7) is 14.5. The number of aryl methyl sites for hydroxylation is 3. The highest BCUT2D eigenvalue weighted by Gasteiger charge is 2.37. The van der Waals surface area contributed by atoms with Crippen molar-refractivity contribution in [2.24, 2.45) is 5.73 Å². The van der Waals surface area contributed by atoms with Gasteiger partial charge in [0, 0.05) is 31.0 Å². The van der Waals surface area contributed by atoms with Gasteiger partial charge >= 0.3 is 0 Å². The van der Waals surface area contributed by atoms with Gasteiger partial charge in [-0.15, -0.1) is 0 Å². The molecule has 0 unspecified atom stereocenters. The smallest absolute Gasteiger partial charge is 0.268 e. The van der Waals surface area contributed by atoms with E-state index in [-0.39, 0.29) is 22.7 Å². The lowest BCUT2D eigenvalue weighted by atomic mass is 10.1. The molecular weight excluding hydrogens is 530 g/mol. The number of anilines is 1. The van der Waals surface area contributed by atoms with E-state index >= 15 is 0 Å². The predicted molar refractivity (Wildman–Crippen MR) is 168 cm³/mol. The van der Waals surface area contributed by atoms with Crippen molar-refractivity contribution >= 4 is 36.7 Å². The second kappa shape index (κ2) is 12.4. The minimum absolute atomic E-state index is 0.00348. The fraction of sp³-hybridized carbons (Fsp3) is 0.406. The first-order chi connectivity index (χ1) is 19.3. The van der Waals surface area contributed by atoms with Gasteiger partial charge in [-0.2, -0.15) is 0 Å². The van der Waals surface area contributed by atoms with E-state index in [0.29, 0.717) is 19.4 Å². The van der Waals surface area contributed by atoms with Gasteiger partial charge < -0.3 is 24.6 Å². The first kappa shape index (κ1) is 30.3. The van der Waals surface area contributed by atoms with E-state index < -0.39 is 14.2 Å². The Labute approximate surface area is 244 Å². The maximum atomic E-state index is 12.7. The molecule has 3 N–H and O–H groups in total. The second-order valence-electron chi connectivity index (χ2n) is 12.4. The van der Waals surface area contributed by atoms with E-state index in [0.717, 1.165) is 35.1 Å². The van der Waals surface area contributed by atoms with E-state index in [1.54, 1.807) is 12.5 Å². The predicted octanol–water partition coefficient (Wildman–Crippen LogP) is 6.47. The summed E-state index contributed by atoms with van der Waals surface area (Å²) in [6, 6.07) is 16.4. The molecule has 41 heavy (non-hydrogen) atoms. The molecule has 2 aromatic heterocycles. The lowest BCUT2D eigenvalue weighted by Crippen LogP contribution is -2.42. The van der Waals surface area contributed by atoms with Crippen LogP contribution in [-0.2, 0) is 22.2 Å². The summed E-state index contributed by atoms with van der Waals surface area (Å²) in [6.07, 6.45) is 7.34. The van der Waals surface area contributed by atoms with Crippen LogP contribution in [0.25, 0.3) is 10.9 Å². The van der Waals surface area contributed by atoms with Crippen LogP contribution in [0.4, 0.5) is 5.69 Å². The molecule has 8 nitrogen and oxygen atoms in total. The number of nitrogens with zero attached hydrogens (tertiary/aromatic N) is 3. The van der Waals surface area contributed by atoms with Gasteiger partial charge in [-0.1, -0.05) is 56.7 Å². The molecule has 1 atom stereocenters. The Bertz CT molecular complexity index is 1500. The van der Waals surface area contributed by atoms with Crippen molar-refractivity contribution in [1.82, 2.24) is 14.1 Å². The number of aromatic nitrogens is 3. The highest BCUT2D eigenvalue weighted by Crippen LogP contribution is 2.37. The summed E-state index contributed by atoms with van der Waals surface area (Å²) < 4.78 is 10.7. The molecule has 0 aliphatic heterocycles. The molecule has 218 valence electrons. The molecule has 4 aromatic rings. The zero-order valence-electron chi connectivity index (χ0n) is 25.1. The van der Waals surface area contributed by atoms with Crippen LogP contribution in [0.5, 0.6) is 0 Å². The molecule has 2 amide bonds. The van der Waals surface area contributed by atoms with Crippen LogP contribution in [0.15, 0.2) is 67.3 Å². The number of nitrogens with one attached hydrogen (secondary N) is 1. The number of nitrogens with two attached hydrogens (primary N) is 1. The SMILES string of the molecule is Cc1ccc(CCC(=O)Nc2ccc3ccn(CC[C@H](CO[Si](C)(C)C(C)(C)C)n4cnc(C(N)=O)c4)c3c2)cc1. The van der Waals surface area contributed by atoms with Crippen molar-refractivity contribution in [1.29, 1.82) is 0 Å². The minimum atomic E-state index is -1.98. The molecule has 0 aliphatic carbocycles. The first-order valence-electron chi connectivity index (χ1n) is 14.2. The fourth-order valence-corrected chi connectivity index (χ4v) is 5.53. The third-order valence-electron chi connectivity index (χ3n) is 8.24. The van der Waals surface area contributed by atoms with Crippen LogP contribution in [0.2, 0.25) is 18.1 Å². The normalized spacial score (nSPS) is 12.9. The number of fused-ring (bicyclic) bond motifs is 1. The Balaban J connectivity index is 1.45. The summed E-state index contributed by atoms with van der Waals surface area (Å²) in [5, 5.41) is 4.26. The van der Waals surface area contributed by atoms with Crippen LogP contribution < -0.4 is 11.1 Å². The van der Waals surface area contributed by atoms with Gasteiger partial charge in [0.05, 0.1) is 24.5 Å². The molecule has 2 aromatic carbocycles. The lowest BCUT2D eigenvalue weighted by molar-refractivity contribution is -0.116. The van der Waals surface area contributed by atoms with E-state index in [4.69, 9.17) is 10.2 Å². The fourth-order valence-electron chi connectivity index (χ4n) is 4.48. The molecule has 0 fully saturated rings. The zero-order chi connectivity index (χ0) is 29.8. The maximum absolute atomic E-state index is 12.7. The largest absolute Gasteiger partial charge is 0.415 e. The standard InChI is InChI=1S/C32H43N5O3Si/c1-23-7-9-24(10-8-23)11-14-30(38)35-26-13-12-25-15-17-36(29(25)19-26)18-16-27(21-40-41(5,6)32(2,3)4)37-20-28(31(33)39)34-22-37/h7-10,12-13,15,17,19-20,22,27H,11,14,16,18,21H2,1-6H3,(H2,33,39)(H,35,38)/t27-/m1/s1. The Hall–Kier alpha value is -3.69. The summed E-state index contributed by atoms with van der Waals surface area (Å²) >= 11 is 0. The Morgan fingerprint density at radius 3 is 2.49 bits per heavy atom. The molecule has 9 heteroatoms. The van der Waals surface area contributed by atoms with E-state index in [9.17, 15) is 9.59 Å². The van der Waals surface area contributed by atoms with Crippen molar-refractivity contribution in [3.8, 4) is 0 Å². The van der Waals surface area contributed by atoms with Gasteiger partial charge in [0.25, 0.3) is 5.91 Å². The molecule has 2 heterocycles. The average Bonchev–Trinajstić information content (AvgIpc) is 3.55. The Morgan fingerprint density at radius 1 is 1.10 bits per heavy atom. The van der Waals surface area contributed by atoms with Crippen molar-refractivity contribution in [3.05, 3.63) is 84.1 Å². The average molecular weight is 574 g/mol. The number of carbonyl (C=O) groups is 2. The van der Waals surface area contributed by atoms with Gasteiger partial charge in [0.1, 0.15) is 5.69 Å². The van der Waals surface area contributed by atoms with Crippen LogP contribution in [-0.4, -0.2) is 40.9 Å². The van der Waals surface area contributed by atoms with Gasteiger partial charge in [-0.05, 0) is 67.0 Å². The van der Waals surface area contributed by atoms with Crippen LogP contribution in [0.3, 0.4) is 0 Å². The molecule has 4 rings (SSSR count). The minimum Gasteiger partial charge on any atom is -0.415 e. The summed E-state index contributed by atoms with van der Waals surface area (Å²) in [7, 11) is -1.98. The Kier molecular flexibility index (Phi) is 9.19. The number of imidazole rings is 1. The number of rotatable bonds is 12. The van der Waals surface area contributed by atoms with Crippen molar-refractivity contribution < 1.29 is 14.0 Å². The van der Waals surface area contributed by atoms with Crippen molar-refractivity contribution in [2.75, 3.05) is 11.9 Å². The van der Waals surface area contributed by atoms with Gasteiger partial charge in [-0.25, -0.2) is 4.98 Å². The highest BCUT2D eigenvalue weighted by molar-refractivity contribution is 6.74. The lowest BCUT2D eigenvalue weighted by Gasteiger charge is -2.37.